The fraction of sp³-hybridized carbons (Fsp3) is 0.393. The van der Waals surface area contributed by atoms with E-state index in [9.17, 15) is 14.0 Å². The number of fused-ring (bicyclic) bond motifs is 2. The fourth-order valence-corrected chi connectivity index (χ4v) is 4.87. The number of nitrogens with zero attached hydrogens (tertiary/aromatic N) is 3. The van der Waals surface area contributed by atoms with Gasteiger partial charge in [-0.3, -0.25) is 14.4 Å². The third-order valence-corrected chi connectivity index (χ3v) is 6.65. The molecule has 0 spiro atoms. The highest BCUT2D eigenvalue weighted by Gasteiger charge is 2.34. The summed E-state index contributed by atoms with van der Waals surface area (Å²) in [6, 6.07) is 2.74. The summed E-state index contributed by atoms with van der Waals surface area (Å²) in [5, 5.41) is 4.28. The van der Waals surface area contributed by atoms with Gasteiger partial charge in [-0.15, -0.1) is 0 Å². The number of nitrogens with one attached hydrogen (secondary N) is 1. The number of pyridine rings is 1. The Balaban J connectivity index is 1.69. The number of aromatic amines is 1. The summed E-state index contributed by atoms with van der Waals surface area (Å²) in [5.74, 6) is -3.13. The molecule has 0 unspecified atom stereocenters. The summed E-state index contributed by atoms with van der Waals surface area (Å²) < 4.78 is 68.0. The van der Waals surface area contributed by atoms with E-state index in [4.69, 9.17) is 18.6 Å². The molecule has 0 saturated carbocycles. The van der Waals surface area contributed by atoms with Crippen molar-refractivity contribution in [3.63, 3.8) is 0 Å². The van der Waals surface area contributed by atoms with Crippen LogP contribution in [0.1, 0.15) is 39.4 Å². The fourth-order valence-electron chi connectivity index (χ4n) is 4.87. The number of aromatic nitrogens is 3. The standard InChI is InChI=1S/C28H29F3N4O6/c1-14-19-12-18(33-35(19)7-6-34(14)27(37)41-28(2,3)4)24-23(22-17(31)13-40-25(22)26(36)32-24)21-16(30)10-15(29)11-20(21)39-9-8-38-5/h10-14H,6-9H2,1-5H3,(H,32,36)/t14-/m1/s1. The summed E-state index contributed by atoms with van der Waals surface area (Å²) in [6.07, 6.45) is 0.236. The second-order valence-electron chi connectivity index (χ2n) is 10.6. The second kappa shape index (κ2) is 10.6. The molecule has 4 heterocycles. The average molecular weight is 575 g/mol. The molecule has 1 atom stereocenters. The number of hydrogen-bond donors (Lipinski definition) is 1. The molecule has 0 fully saturated rings. The predicted octanol–water partition coefficient (Wildman–Crippen LogP) is 5.41. The monoisotopic (exact) mass is 574 g/mol. The molecule has 0 aliphatic carbocycles. The van der Waals surface area contributed by atoms with Gasteiger partial charge in [-0.25, -0.2) is 18.0 Å². The lowest BCUT2D eigenvalue weighted by molar-refractivity contribution is 0.0120. The Morgan fingerprint density at radius 2 is 1.88 bits per heavy atom. The SMILES string of the molecule is COCCOc1cc(F)cc(F)c1-c1c(-c2cc3n(n2)CCN(C(=O)OC(C)(C)C)[C@@H]3C)[nH]c(=O)c2occ(F)c12. The van der Waals surface area contributed by atoms with E-state index in [1.165, 1.54) is 7.11 Å². The number of furan rings is 1. The van der Waals surface area contributed by atoms with Crippen molar-refractivity contribution in [1.82, 2.24) is 19.7 Å². The van der Waals surface area contributed by atoms with Crippen LogP contribution >= 0.6 is 0 Å². The molecule has 10 nitrogen and oxygen atoms in total. The highest BCUT2D eigenvalue weighted by molar-refractivity contribution is 6.02. The zero-order valence-electron chi connectivity index (χ0n) is 23.1. The number of carbonyl (C=O) groups excluding carboxylic acids is 1. The minimum Gasteiger partial charge on any atom is -0.490 e. The van der Waals surface area contributed by atoms with E-state index in [1.54, 1.807) is 43.3 Å². The van der Waals surface area contributed by atoms with Crippen molar-refractivity contribution in [2.45, 2.75) is 45.9 Å². The van der Waals surface area contributed by atoms with Crippen molar-refractivity contribution in [3.05, 3.63) is 58.0 Å². The number of halogens is 3. The highest BCUT2D eigenvalue weighted by atomic mass is 19.1. The van der Waals surface area contributed by atoms with Crippen LogP contribution < -0.4 is 10.3 Å². The molecule has 1 aliphatic heterocycles. The molecule has 13 heteroatoms. The maximum absolute atomic E-state index is 15.6. The Morgan fingerprint density at radius 1 is 1.12 bits per heavy atom. The van der Waals surface area contributed by atoms with Crippen LogP contribution in [0.4, 0.5) is 18.0 Å². The van der Waals surface area contributed by atoms with Crippen molar-refractivity contribution >= 4 is 17.1 Å². The molecule has 1 amide bonds. The van der Waals surface area contributed by atoms with Gasteiger partial charge in [0.25, 0.3) is 5.56 Å². The van der Waals surface area contributed by atoms with E-state index in [0.717, 1.165) is 12.3 Å². The van der Waals surface area contributed by atoms with E-state index in [0.29, 0.717) is 24.8 Å². The molecule has 0 saturated heterocycles. The van der Waals surface area contributed by atoms with Crippen LogP contribution in [0.2, 0.25) is 0 Å². The minimum absolute atomic E-state index is 0.0391. The number of carbonyl (C=O) groups is 1. The molecule has 3 aromatic heterocycles. The molecule has 0 radical (unpaired) electrons. The summed E-state index contributed by atoms with van der Waals surface area (Å²) in [7, 11) is 1.44. The van der Waals surface area contributed by atoms with E-state index >= 15 is 8.78 Å². The van der Waals surface area contributed by atoms with E-state index in [-0.39, 0.29) is 52.4 Å². The van der Waals surface area contributed by atoms with Gasteiger partial charge >= 0.3 is 6.09 Å². The Kier molecular flexibility index (Phi) is 7.32. The first-order valence-corrected chi connectivity index (χ1v) is 12.9. The zero-order chi connectivity index (χ0) is 29.6. The first-order chi connectivity index (χ1) is 19.4. The van der Waals surface area contributed by atoms with Gasteiger partial charge in [0.1, 0.15) is 41.5 Å². The van der Waals surface area contributed by atoms with Crippen LogP contribution in [-0.4, -0.2) is 58.2 Å². The summed E-state index contributed by atoms with van der Waals surface area (Å²) in [6.45, 7) is 7.77. The first kappa shape index (κ1) is 28.3. The summed E-state index contributed by atoms with van der Waals surface area (Å²) in [5.41, 5.74) is -1.56. The number of H-pyrrole nitrogens is 1. The van der Waals surface area contributed by atoms with Crippen molar-refractivity contribution in [2.75, 3.05) is 26.9 Å². The topological polar surface area (TPSA) is 112 Å². The van der Waals surface area contributed by atoms with Crippen LogP contribution in [0, 0.1) is 17.5 Å². The average Bonchev–Trinajstić information content (AvgIpc) is 3.49. The lowest BCUT2D eigenvalue weighted by Crippen LogP contribution is -2.43. The molecule has 1 N–H and O–H groups in total. The Bertz CT molecular complexity index is 1690. The van der Waals surface area contributed by atoms with Gasteiger partial charge in [0, 0.05) is 31.4 Å². The number of benzene rings is 1. The summed E-state index contributed by atoms with van der Waals surface area (Å²) in [4.78, 5) is 30.0. The molecule has 1 aromatic carbocycles. The number of hydrogen-bond acceptors (Lipinski definition) is 7. The molecule has 218 valence electrons. The third kappa shape index (κ3) is 5.29. The van der Waals surface area contributed by atoms with E-state index < -0.39 is 40.7 Å². The van der Waals surface area contributed by atoms with Crippen molar-refractivity contribution in [2.24, 2.45) is 0 Å². The lowest BCUT2D eigenvalue weighted by Gasteiger charge is -2.35. The van der Waals surface area contributed by atoms with Gasteiger partial charge in [-0.2, -0.15) is 5.10 Å². The molecule has 0 bridgehead atoms. The quantitative estimate of drug-likeness (QED) is 0.307. The maximum atomic E-state index is 15.6. The highest BCUT2D eigenvalue weighted by Crippen LogP contribution is 2.43. The van der Waals surface area contributed by atoms with Crippen LogP contribution in [-0.2, 0) is 16.0 Å². The number of methoxy groups -OCH3 is 1. The number of amides is 1. The van der Waals surface area contributed by atoms with E-state index in [2.05, 4.69) is 10.1 Å². The largest absolute Gasteiger partial charge is 0.490 e. The van der Waals surface area contributed by atoms with E-state index in [1.807, 2.05) is 0 Å². The van der Waals surface area contributed by atoms with Crippen molar-refractivity contribution in [1.29, 1.82) is 0 Å². The van der Waals surface area contributed by atoms with Crippen LogP contribution in [0.15, 0.2) is 33.7 Å². The molecule has 4 aromatic rings. The minimum atomic E-state index is -1.05. The van der Waals surface area contributed by atoms with Gasteiger partial charge in [0.05, 0.1) is 41.5 Å². The van der Waals surface area contributed by atoms with Crippen molar-refractivity contribution < 1.29 is 36.6 Å². The molecular weight excluding hydrogens is 545 g/mol. The summed E-state index contributed by atoms with van der Waals surface area (Å²) >= 11 is 0. The van der Waals surface area contributed by atoms with Gasteiger partial charge in [-0.05, 0) is 33.8 Å². The Hall–Kier alpha value is -4.26. The van der Waals surface area contributed by atoms with Gasteiger partial charge in [0.15, 0.2) is 5.82 Å². The number of ether oxygens (including phenoxy) is 3. The molecule has 41 heavy (non-hydrogen) atoms. The Morgan fingerprint density at radius 3 is 2.59 bits per heavy atom. The van der Waals surface area contributed by atoms with Crippen LogP contribution in [0.3, 0.4) is 0 Å². The lowest BCUT2D eigenvalue weighted by atomic mass is 9.96. The van der Waals surface area contributed by atoms with Crippen molar-refractivity contribution in [3.8, 4) is 28.3 Å². The maximum Gasteiger partial charge on any atom is 0.410 e. The Labute approximate surface area is 232 Å². The molecule has 5 rings (SSSR count). The smallest absolute Gasteiger partial charge is 0.410 e. The van der Waals surface area contributed by atoms with Crippen LogP contribution in [0.25, 0.3) is 33.5 Å². The van der Waals surface area contributed by atoms with Gasteiger partial charge in [0.2, 0.25) is 5.58 Å². The third-order valence-electron chi connectivity index (χ3n) is 6.65. The van der Waals surface area contributed by atoms with Crippen LogP contribution in [0.5, 0.6) is 5.75 Å². The van der Waals surface area contributed by atoms with Gasteiger partial charge < -0.3 is 23.6 Å². The number of rotatable bonds is 6. The molecule has 1 aliphatic rings. The second-order valence-corrected chi connectivity index (χ2v) is 10.6. The van der Waals surface area contributed by atoms with Gasteiger partial charge in [-0.1, -0.05) is 0 Å². The normalized spacial score (nSPS) is 15.3. The first-order valence-electron chi connectivity index (χ1n) is 12.9. The zero-order valence-corrected chi connectivity index (χ0v) is 23.1. The predicted molar refractivity (Wildman–Crippen MR) is 142 cm³/mol. The molecular formula is C28H29F3N4O6.